The van der Waals surface area contributed by atoms with Gasteiger partial charge in [0.05, 0.1) is 34.3 Å². The number of anilines is 1. The lowest BCUT2D eigenvalue weighted by molar-refractivity contribution is -0.123. The molecule has 3 rings (SSSR count). The number of benzene rings is 1. The van der Waals surface area contributed by atoms with Crippen molar-refractivity contribution in [2.24, 2.45) is 0 Å². The Hall–Kier alpha value is -1.31. The smallest absolute Gasteiger partial charge is 0.234 e. The lowest BCUT2D eigenvalue weighted by Gasteiger charge is -2.36. The first-order valence-corrected chi connectivity index (χ1v) is 10.7. The molecule has 0 aliphatic carbocycles. The highest BCUT2D eigenvalue weighted by Crippen LogP contribution is 2.26. The van der Waals surface area contributed by atoms with E-state index >= 15 is 0 Å². The first kappa shape index (κ1) is 18.5. The fraction of sp³-hybridized carbons (Fsp3) is 0.588. The second kappa shape index (κ2) is 7.13. The van der Waals surface area contributed by atoms with Crippen LogP contribution in [0.1, 0.15) is 13.3 Å². The first-order chi connectivity index (χ1) is 11.8. The summed E-state index contributed by atoms with van der Waals surface area (Å²) in [7, 11) is -3.02. The van der Waals surface area contributed by atoms with Crippen molar-refractivity contribution in [3.63, 3.8) is 0 Å². The van der Waals surface area contributed by atoms with E-state index in [2.05, 4.69) is 15.1 Å². The van der Waals surface area contributed by atoms with Gasteiger partial charge in [0, 0.05) is 26.2 Å². The summed E-state index contributed by atoms with van der Waals surface area (Å²) in [4.78, 5) is 16.6. The van der Waals surface area contributed by atoms with Crippen molar-refractivity contribution < 1.29 is 13.2 Å². The van der Waals surface area contributed by atoms with E-state index in [9.17, 15) is 13.2 Å². The van der Waals surface area contributed by atoms with Crippen LogP contribution in [0.5, 0.6) is 0 Å². The highest BCUT2D eigenvalue weighted by atomic mass is 35.5. The molecule has 0 aromatic heterocycles. The molecule has 0 radical (unpaired) electrons. The van der Waals surface area contributed by atoms with Gasteiger partial charge in [-0.3, -0.25) is 9.69 Å². The molecule has 25 heavy (non-hydrogen) atoms. The summed E-state index contributed by atoms with van der Waals surface area (Å²) in [6, 6.07) is 7.77. The molecule has 2 aliphatic rings. The fourth-order valence-electron chi connectivity index (χ4n) is 3.54. The molecule has 2 aliphatic heterocycles. The van der Waals surface area contributed by atoms with Gasteiger partial charge in [-0.15, -0.1) is 0 Å². The van der Waals surface area contributed by atoms with E-state index in [1.807, 2.05) is 31.2 Å². The van der Waals surface area contributed by atoms with Crippen LogP contribution in [0, 0.1) is 0 Å². The number of para-hydroxylation sites is 1. The number of sulfone groups is 1. The zero-order chi connectivity index (χ0) is 18.1. The summed E-state index contributed by atoms with van der Waals surface area (Å²) in [6.07, 6.45) is 0.487. The number of nitrogens with one attached hydrogen (secondary N) is 1. The summed E-state index contributed by atoms with van der Waals surface area (Å²) < 4.78 is 23.3. The number of nitrogens with zero attached hydrogens (tertiary/aromatic N) is 2. The maximum Gasteiger partial charge on any atom is 0.234 e. The van der Waals surface area contributed by atoms with E-state index in [4.69, 9.17) is 11.6 Å². The third-order valence-corrected chi connectivity index (χ3v) is 7.10. The molecule has 1 N–H and O–H groups in total. The van der Waals surface area contributed by atoms with Crippen molar-refractivity contribution in [1.82, 2.24) is 10.2 Å². The third-order valence-electron chi connectivity index (χ3n) is 4.88. The zero-order valence-electron chi connectivity index (χ0n) is 14.4. The quantitative estimate of drug-likeness (QED) is 0.842. The largest absolute Gasteiger partial charge is 0.368 e. The molecule has 8 heteroatoms. The number of halogens is 1. The minimum absolute atomic E-state index is 0.0338. The summed E-state index contributed by atoms with van der Waals surface area (Å²) >= 11 is 6.24. The lowest BCUT2D eigenvalue weighted by Crippen LogP contribution is -2.53. The predicted octanol–water partition coefficient (Wildman–Crippen LogP) is 1.16. The highest BCUT2D eigenvalue weighted by Gasteiger charge is 2.39. The Kier molecular flexibility index (Phi) is 5.27. The molecule has 6 nitrogen and oxygen atoms in total. The number of rotatable bonds is 4. The van der Waals surface area contributed by atoms with Crippen molar-refractivity contribution in [3.8, 4) is 0 Å². The van der Waals surface area contributed by atoms with Crippen molar-refractivity contribution in [3.05, 3.63) is 29.3 Å². The number of carbonyl (C=O) groups is 1. The van der Waals surface area contributed by atoms with E-state index in [0.717, 1.165) is 36.9 Å². The Morgan fingerprint density at radius 2 is 1.92 bits per heavy atom. The zero-order valence-corrected chi connectivity index (χ0v) is 15.9. The van der Waals surface area contributed by atoms with Crippen LogP contribution >= 0.6 is 11.6 Å². The highest BCUT2D eigenvalue weighted by molar-refractivity contribution is 7.91. The number of carbonyl (C=O) groups excluding carboxylic acids is 1. The summed E-state index contributed by atoms with van der Waals surface area (Å²) in [6.45, 7) is 5.27. The average molecular weight is 386 g/mol. The van der Waals surface area contributed by atoms with Crippen LogP contribution in [0.15, 0.2) is 24.3 Å². The van der Waals surface area contributed by atoms with Crippen molar-refractivity contribution >= 4 is 33.0 Å². The molecular formula is C17H24ClN3O3S. The molecule has 1 aromatic rings. The molecule has 1 amide bonds. The molecule has 1 aromatic carbocycles. The van der Waals surface area contributed by atoms with E-state index in [1.165, 1.54) is 0 Å². The van der Waals surface area contributed by atoms with E-state index in [0.29, 0.717) is 13.0 Å². The van der Waals surface area contributed by atoms with Crippen LogP contribution in [-0.4, -0.2) is 69.0 Å². The van der Waals surface area contributed by atoms with Gasteiger partial charge in [-0.25, -0.2) is 8.42 Å². The molecule has 2 fully saturated rings. The maximum absolute atomic E-state index is 12.3. The Balaban J connectivity index is 1.49. The Labute approximate surface area is 154 Å². The molecule has 2 heterocycles. The second-order valence-corrected chi connectivity index (χ2v) is 9.76. The molecule has 1 unspecified atom stereocenters. The van der Waals surface area contributed by atoms with Gasteiger partial charge >= 0.3 is 0 Å². The van der Waals surface area contributed by atoms with Gasteiger partial charge in [-0.1, -0.05) is 23.7 Å². The van der Waals surface area contributed by atoms with Crippen molar-refractivity contribution in [2.45, 2.75) is 18.9 Å². The maximum atomic E-state index is 12.3. The summed E-state index contributed by atoms with van der Waals surface area (Å²) in [5.41, 5.74) is 0.395. The van der Waals surface area contributed by atoms with Gasteiger partial charge < -0.3 is 10.2 Å². The van der Waals surface area contributed by atoms with Crippen LogP contribution in [0.2, 0.25) is 5.02 Å². The Bertz CT molecular complexity index is 747. The van der Waals surface area contributed by atoms with Crippen LogP contribution in [0.4, 0.5) is 5.69 Å². The third kappa shape index (κ3) is 4.65. The molecule has 0 spiro atoms. The molecule has 2 saturated heterocycles. The van der Waals surface area contributed by atoms with E-state index in [1.54, 1.807) is 0 Å². The number of hydrogen-bond donors (Lipinski definition) is 1. The summed E-state index contributed by atoms with van der Waals surface area (Å²) in [5.74, 6) is 0.0811. The van der Waals surface area contributed by atoms with Gasteiger partial charge in [-0.2, -0.15) is 0 Å². The number of piperazine rings is 1. The van der Waals surface area contributed by atoms with E-state index in [-0.39, 0.29) is 17.4 Å². The van der Waals surface area contributed by atoms with Gasteiger partial charge in [0.25, 0.3) is 0 Å². The second-order valence-electron chi connectivity index (χ2n) is 7.17. The number of amides is 1. The normalized spacial score (nSPS) is 26.6. The van der Waals surface area contributed by atoms with Crippen molar-refractivity contribution in [2.75, 3.05) is 49.1 Å². The molecular weight excluding hydrogens is 362 g/mol. The first-order valence-electron chi connectivity index (χ1n) is 8.50. The fourth-order valence-corrected chi connectivity index (χ4v) is 5.89. The van der Waals surface area contributed by atoms with Crippen LogP contribution in [0.3, 0.4) is 0 Å². The predicted molar refractivity (Wildman–Crippen MR) is 99.9 cm³/mol. The molecule has 0 saturated carbocycles. The molecule has 1 atom stereocenters. The lowest BCUT2D eigenvalue weighted by atomic mass is 10.0. The SMILES string of the molecule is CC1(NC(=O)CN2CCN(c3ccccc3Cl)CC2)CCS(=O)(=O)C1. The average Bonchev–Trinajstić information content (AvgIpc) is 2.81. The van der Waals surface area contributed by atoms with Gasteiger partial charge in [0.2, 0.25) is 5.91 Å². The van der Waals surface area contributed by atoms with Crippen LogP contribution in [-0.2, 0) is 14.6 Å². The van der Waals surface area contributed by atoms with Crippen LogP contribution < -0.4 is 10.2 Å². The Morgan fingerprint density at radius 3 is 2.52 bits per heavy atom. The molecule has 0 bridgehead atoms. The van der Waals surface area contributed by atoms with Crippen molar-refractivity contribution in [1.29, 1.82) is 0 Å². The van der Waals surface area contributed by atoms with Gasteiger partial charge in [0.15, 0.2) is 9.84 Å². The minimum atomic E-state index is -3.02. The molecule has 138 valence electrons. The topological polar surface area (TPSA) is 69.7 Å². The number of hydrogen-bond acceptors (Lipinski definition) is 5. The Morgan fingerprint density at radius 1 is 1.24 bits per heavy atom. The monoisotopic (exact) mass is 385 g/mol. The summed E-state index contributed by atoms with van der Waals surface area (Å²) in [5, 5.41) is 3.66. The van der Waals surface area contributed by atoms with Gasteiger partial charge in [-0.05, 0) is 25.5 Å². The van der Waals surface area contributed by atoms with E-state index < -0.39 is 15.4 Å². The standard InChI is InChI=1S/C17H24ClN3O3S/c1-17(6-11-25(23,24)13-17)19-16(22)12-20-7-9-21(10-8-20)15-5-3-2-4-14(15)18/h2-5H,6-13H2,1H3,(H,19,22). The minimum Gasteiger partial charge on any atom is -0.368 e. The van der Waals surface area contributed by atoms with Gasteiger partial charge in [0.1, 0.15) is 0 Å². The van der Waals surface area contributed by atoms with Crippen LogP contribution in [0.25, 0.3) is 0 Å².